The molecule has 0 unspecified atom stereocenters. The Kier molecular flexibility index (Phi) is 5.46. The van der Waals surface area contributed by atoms with E-state index in [1.165, 1.54) is 11.1 Å². The van der Waals surface area contributed by atoms with Crippen LogP contribution >= 0.6 is 7.81 Å². The van der Waals surface area contributed by atoms with Gasteiger partial charge in [0.15, 0.2) is 0 Å². The molecular formula is C10H16CoF6P-. The molecule has 0 saturated heterocycles. The Morgan fingerprint density at radius 2 is 0.889 bits per heavy atom. The minimum Gasteiger partial charge on any atom is 0 e. The third-order valence-electron chi connectivity index (χ3n) is 3.04. The summed E-state index contributed by atoms with van der Waals surface area (Å²) in [6.07, 6.45) is 0. The topological polar surface area (TPSA) is 0 Å². The van der Waals surface area contributed by atoms with E-state index in [1.807, 2.05) is 0 Å². The minimum atomic E-state index is -10.7. The predicted octanol–water partition coefficient (Wildman–Crippen LogP) is 6.69. The zero-order valence-electron chi connectivity index (χ0n) is 10.6. The summed E-state index contributed by atoms with van der Waals surface area (Å²) in [6.45, 7) is 11.2. The summed E-state index contributed by atoms with van der Waals surface area (Å²) >= 11 is 0. The van der Waals surface area contributed by atoms with Crippen LogP contribution < -0.4 is 0 Å². The van der Waals surface area contributed by atoms with Gasteiger partial charge in [0.1, 0.15) is 0 Å². The molecule has 0 bridgehead atoms. The fourth-order valence-electron chi connectivity index (χ4n) is 1.57. The molecule has 0 fully saturated rings. The maximum absolute atomic E-state index is 10.7. The van der Waals surface area contributed by atoms with Crippen molar-refractivity contribution in [2.75, 3.05) is 0 Å². The predicted molar refractivity (Wildman–Crippen MR) is 59.5 cm³/mol. The maximum atomic E-state index is 9.87. The zero-order chi connectivity index (χ0) is 14.3. The van der Waals surface area contributed by atoms with E-state index in [4.69, 9.17) is 0 Å². The zero-order valence-corrected chi connectivity index (χ0v) is 12.6. The molecule has 0 spiro atoms. The second-order valence-electron chi connectivity index (χ2n) is 4.30. The van der Waals surface area contributed by atoms with Gasteiger partial charge in [0.2, 0.25) is 0 Å². The van der Waals surface area contributed by atoms with E-state index in [0.717, 1.165) is 0 Å². The summed E-state index contributed by atoms with van der Waals surface area (Å²) in [5.74, 6) is 0.694. The van der Waals surface area contributed by atoms with E-state index in [2.05, 4.69) is 34.6 Å². The molecule has 1 radical (unpaired) electrons. The fraction of sp³-hybridized carbons (Fsp3) is 0.600. The summed E-state index contributed by atoms with van der Waals surface area (Å²) in [7, 11) is -10.7. The second kappa shape index (κ2) is 4.83. The third kappa shape index (κ3) is 9.00. The number of rotatable bonds is 0. The van der Waals surface area contributed by atoms with Gasteiger partial charge in [-0.25, -0.2) is 0 Å². The van der Waals surface area contributed by atoms with Gasteiger partial charge in [0.25, 0.3) is 0 Å². The summed E-state index contributed by atoms with van der Waals surface area (Å²) < 4.78 is 59.2. The third-order valence-corrected chi connectivity index (χ3v) is 3.04. The van der Waals surface area contributed by atoms with Gasteiger partial charge in [-0.3, -0.25) is 0 Å². The van der Waals surface area contributed by atoms with Gasteiger partial charge in [-0.05, 0) is 44.8 Å². The van der Waals surface area contributed by atoms with E-state index < -0.39 is 7.81 Å². The normalized spacial score (nSPS) is 20.8. The molecule has 0 atom stereocenters. The Balaban J connectivity index is 0. The van der Waals surface area contributed by atoms with Crippen molar-refractivity contribution in [3.63, 3.8) is 0 Å². The average molecular weight is 340 g/mol. The molecule has 0 aromatic heterocycles. The number of hydrogen-bond donors (Lipinski definition) is 0. The largest absolute Gasteiger partial charge is 0 e. The molecule has 8 heteroatoms. The molecule has 1 aliphatic carbocycles. The molecule has 0 aromatic rings. The van der Waals surface area contributed by atoms with Crippen LogP contribution in [0.2, 0.25) is 0 Å². The number of hydrogen-bond acceptors (Lipinski definition) is 0. The van der Waals surface area contributed by atoms with Gasteiger partial charge in [-0.1, -0.05) is 18.1 Å². The molecule has 1 rings (SSSR count). The van der Waals surface area contributed by atoms with Crippen molar-refractivity contribution >= 4 is 7.81 Å². The van der Waals surface area contributed by atoms with E-state index in [9.17, 15) is 25.2 Å². The van der Waals surface area contributed by atoms with Crippen LogP contribution in [0.15, 0.2) is 22.3 Å². The van der Waals surface area contributed by atoms with Crippen LogP contribution in [0.1, 0.15) is 34.6 Å². The van der Waals surface area contributed by atoms with Crippen molar-refractivity contribution in [1.82, 2.24) is 0 Å². The first kappa shape index (κ1) is 20.3. The van der Waals surface area contributed by atoms with Gasteiger partial charge in [-0.15, -0.1) is 0 Å². The molecular weight excluding hydrogens is 324 g/mol. The Labute approximate surface area is 113 Å². The van der Waals surface area contributed by atoms with Crippen molar-refractivity contribution in [1.29, 1.82) is 0 Å². The van der Waals surface area contributed by atoms with Crippen molar-refractivity contribution in [2.45, 2.75) is 34.6 Å². The van der Waals surface area contributed by atoms with E-state index >= 15 is 0 Å². The fourth-order valence-corrected chi connectivity index (χ4v) is 1.57. The summed E-state index contributed by atoms with van der Waals surface area (Å²) in [4.78, 5) is 0. The first-order valence-electron chi connectivity index (χ1n) is 4.92. The molecule has 0 aliphatic heterocycles. The first-order chi connectivity index (χ1) is 7.00. The van der Waals surface area contributed by atoms with Gasteiger partial charge < -0.3 is 0 Å². The molecule has 0 nitrogen and oxygen atoms in total. The van der Waals surface area contributed by atoms with Crippen LogP contribution in [0.3, 0.4) is 0 Å². The van der Waals surface area contributed by atoms with Crippen LogP contribution in [0.4, 0.5) is 25.2 Å². The molecule has 0 heterocycles. The SMILES string of the molecule is CC1=C(C)C(C)C(C)=C1C.F[P-](F)(F)(F)(F)F.[Co]. The smallest absolute Gasteiger partial charge is 0 e. The Bertz CT molecular complexity index is 353. The summed E-state index contributed by atoms with van der Waals surface area (Å²) in [5, 5.41) is 0. The Morgan fingerprint density at radius 3 is 0.944 bits per heavy atom. The molecule has 1 aliphatic rings. The van der Waals surface area contributed by atoms with E-state index in [0.29, 0.717) is 5.92 Å². The van der Waals surface area contributed by atoms with Gasteiger partial charge in [-0.2, -0.15) is 0 Å². The Morgan fingerprint density at radius 1 is 0.722 bits per heavy atom. The standard InChI is InChI=1S/C10H16.Co.F6P/c1-6-7(2)9(4)10(5)8(6)3;;1-7(2,3,4,5)6/h6H,1-5H3;;/q;;-1. The van der Waals surface area contributed by atoms with Crippen molar-refractivity contribution in [2.24, 2.45) is 5.92 Å². The van der Waals surface area contributed by atoms with Crippen LogP contribution in [0.25, 0.3) is 0 Å². The molecule has 18 heavy (non-hydrogen) atoms. The van der Waals surface area contributed by atoms with Crippen molar-refractivity contribution in [3.8, 4) is 0 Å². The van der Waals surface area contributed by atoms with Crippen molar-refractivity contribution in [3.05, 3.63) is 22.3 Å². The van der Waals surface area contributed by atoms with Gasteiger partial charge in [0, 0.05) is 16.8 Å². The second-order valence-corrected chi connectivity index (χ2v) is 6.21. The summed E-state index contributed by atoms with van der Waals surface area (Å²) in [5.41, 5.74) is 6.11. The number of halogens is 6. The van der Waals surface area contributed by atoms with E-state index in [-0.39, 0.29) is 16.8 Å². The van der Waals surface area contributed by atoms with Crippen LogP contribution in [0.5, 0.6) is 0 Å². The molecule has 113 valence electrons. The van der Waals surface area contributed by atoms with Crippen LogP contribution in [0, 0.1) is 5.92 Å². The van der Waals surface area contributed by atoms with Crippen molar-refractivity contribution < 1.29 is 42.0 Å². The molecule has 0 N–H and O–H groups in total. The number of allylic oxidation sites excluding steroid dienone is 4. The van der Waals surface area contributed by atoms with Gasteiger partial charge in [0.05, 0.1) is 0 Å². The molecule has 0 saturated carbocycles. The monoisotopic (exact) mass is 340 g/mol. The average Bonchev–Trinajstić information content (AvgIpc) is 2.18. The summed E-state index contributed by atoms with van der Waals surface area (Å²) in [6, 6.07) is 0. The first-order valence-corrected chi connectivity index (χ1v) is 6.95. The van der Waals surface area contributed by atoms with E-state index in [1.54, 1.807) is 11.1 Å². The Hall–Kier alpha value is -0.00351. The van der Waals surface area contributed by atoms with Gasteiger partial charge >= 0.3 is 33.0 Å². The molecule has 0 amide bonds. The molecule has 0 aromatic carbocycles. The van der Waals surface area contributed by atoms with Crippen LogP contribution in [-0.4, -0.2) is 0 Å². The minimum absolute atomic E-state index is 0. The maximum Gasteiger partial charge on any atom is 0 e. The quantitative estimate of drug-likeness (QED) is 0.340. The van der Waals surface area contributed by atoms with Crippen LogP contribution in [-0.2, 0) is 16.8 Å².